The van der Waals surface area contributed by atoms with Crippen molar-refractivity contribution < 1.29 is 8.42 Å². The number of sulfonamides is 1. The Morgan fingerprint density at radius 2 is 1.79 bits per heavy atom. The minimum Gasteiger partial charge on any atom is -0.284 e. The monoisotopic (exact) mass is 422 g/mol. The highest BCUT2D eigenvalue weighted by molar-refractivity contribution is 9.10. The van der Waals surface area contributed by atoms with Crippen molar-refractivity contribution >= 4 is 43.0 Å². The molecule has 0 aliphatic rings. The fraction of sp³-hybridized carbons (Fsp3) is 0.118. The second kappa shape index (κ2) is 6.66. The van der Waals surface area contributed by atoms with Crippen LogP contribution in [0.2, 0.25) is 0 Å². The second-order valence-electron chi connectivity index (χ2n) is 5.39. The topological polar surface area (TPSA) is 59.1 Å². The number of aromatic nitrogens is 1. The van der Waals surface area contributed by atoms with Gasteiger partial charge in [0.1, 0.15) is 5.01 Å². The van der Waals surface area contributed by atoms with Crippen LogP contribution in [-0.2, 0) is 10.0 Å². The van der Waals surface area contributed by atoms with Gasteiger partial charge in [-0.05, 0) is 31.2 Å². The summed E-state index contributed by atoms with van der Waals surface area (Å²) in [7, 11) is -3.27. The number of anilines is 1. The number of halogens is 1. The lowest BCUT2D eigenvalue weighted by Gasteiger charge is -2.05. The Morgan fingerprint density at radius 3 is 2.42 bits per heavy atom. The molecule has 24 heavy (non-hydrogen) atoms. The minimum absolute atomic E-state index is 0.543. The van der Waals surface area contributed by atoms with E-state index >= 15 is 0 Å². The maximum absolute atomic E-state index is 11.3. The maximum Gasteiger partial charge on any atom is 0.229 e. The third kappa shape index (κ3) is 4.03. The van der Waals surface area contributed by atoms with E-state index in [0.717, 1.165) is 37.4 Å². The number of rotatable bonds is 4. The van der Waals surface area contributed by atoms with Crippen molar-refractivity contribution in [3.8, 4) is 21.8 Å². The van der Waals surface area contributed by atoms with Gasteiger partial charge in [-0.25, -0.2) is 13.4 Å². The predicted octanol–water partition coefficient (Wildman–Crippen LogP) is 4.92. The molecule has 4 nitrogen and oxygen atoms in total. The molecule has 1 heterocycles. The molecule has 0 atom stereocenters. The number of hydrogen-bond acceptors (Lipinski definition) is 4. The van der Waals surface area contributed by atoms with Crippen LogP contribution in [-0.4, -0.2) is 19.7 Å². The van der Waals surface area contributed by atoms with Crippen molar-refractivity contribution in [1.82, 2.24) is 4.98 Å². The molecule has 1 N–H and O–H groups in total. The number of aryl methyl sites for hydroxylation is 1. The molecule has 0 saturated carbocycles. The van der Waals surface area contributed by atoms with Crippen LogP contribution in [0.3, 0.4) is 0 Å². The molecule has 0 spiro atoms. The van der Waals surface area contributed by atoms with Crippen molar-refractivity contribution in [3.05, 3.63) is 57.9 Å². The number of nitrogens with zero attached hydrogens (tertiary/aromatic N) is 1. The zero-order valence-electron chi connectivity index (χ0n) is 13.1. The molecule has 3 aromatic rings. The van der Waals surface area contributed by atoms with Gasteiger partial charge in [0, 0.05) is 26.2 Å². The average Bonchev–Trinajstić information content (AvgIpc) is 2.88. The summed E-state index contributed by atoms with van der Waals surface area (Å²) < 4.78 is 26.0. The molecule has 0 radical (unpaired) electrons. The van der Waals surface area contributed by atoms with Gasteiger partial charge in [-0.3, -0.25) is 4.72 Å². The summed E-state index contributed by atoms with van der Waals surface area (Å²) in [5, 5.41) is 0.960. The summed E-state index contributed by atoms with van der Waals surface area (Å²) in [4.78, 5) is 5.87. The lowest BCUT2D eigenvalue weighted by molar-refractivity contribution is 0.607. The highest BCUT2D eigenvalue weighted by atomic mass is 79.9. The summed E-state index contributed by atoms with van der Waals surface area (Å²) in [5.41, 5.74) is 3.49. The number of hydrogen-bond donors (Lipinski definition) is 1. The molecule has 7 heteroatoms. The van der Waals surface area contributed by atoms with Crippen molar-refractivity contribution in [2.24, 2.45) is 0 Å². The fourth-order valence-electron chi connectivity index (χ4n) is 2.32. The largest absolute Gasteiger partial charge is 0.284 e. The van der Waals surface area contributed by atoms with Crippen LogP contribution in [0.15, 0.2) is 53.0 Å². The first-order valence-corrected chi connectivity index (χ1v) is 10.6. The second-order valence-corrected chi connectivity index (χ2v) is 9.25. The summed E-state index contributed by atoms with van der Waals surface area (Å²) >= 11 is 5.12. The third-order valence-electron chi connectivity index (χ3n) is 3.33. The van der Waals surface area contributed by atoms with Gasteiger partial charge in [0.05, 0.1) is 11.9 Å². The van der Waals surface area contributed by atoms with E-state index in [0.29, 0.717) is 5.69 Å². The molecule has 0 aliphatic carbocycles. The molecule has 2 aromatic carbocycles. The van der Waals surface area contributed by atoms with Crippen molar-refractivity contribution in [1.29, 1.82) is 0 Å². The average molecular weight is 423 g/mol. The zero-order chi connectivity index (χ0) is 17.3. The molecule has 124 valence electrons. The smallest absolute Gasteiger partial charge is 0.229 e. The van der Waals surface area contributed by atoms with Gasteiger partial charge in [-0.15, -0.1) is 11.3 Å². The van der Waals surface area contributed by atoms with Gasteiger partial charge in [-0.1, -0.05) is 40.2 Å². The number of benzene rings is 2. The first kappa shape index (κ1) is 17.1. The summed E-state index contributed by atoms with van der Waals surface area (Å²) in [5.74, 6) is 0. The standard InChI is InChI=1S/C17H15BrN2O2S2/c1-11-16(12-6-8-15(9-7-12)20-24(2,21)22)19-17(23-11)13-4-3-5-14(18)10-13/h3-10,20H,1-2H3. The Bertz CT molecular complexity index is 980. The number of thiazole rings is 1. The highest BCUT2D eigenvalue weighted by Gasteiger charge is 2.12. The molecule has 3 rings (SSSR count). The van der Waals surface area contributed by atoms with Crippen LogP contribution >= 0.6 is 27.3 Å². The Labute approximate surface area is 153 Å². The van der Waals surface area contributed by atoms with E-state index in [2.05, 4.69) is 20.7 Å². The van der Waals surface area contributed by atoms with Crippen molar-refractivity contribution in [2.45, 2.75) is 6.92 Å². The fourth-order valence-corrected chi connectivity index (χ4v) is 4.21. The maximum atomic E-state index is 11.3. The molecule has 0 amide bonds. The van der Waals surface area contributed by atoms with Gasteiger partial charge in [0.2, 0.25) is 10.0 Å². The normalized spacial score (nSPS) is 11.5. The molecule has 0 fully saturated rings. The quantitative estimate of drug-likeness (QED) is 0.648. The first-order chi connectivity index (χ1) is 11.3. The Hall–Kier alpha value is -1.70. The van der Waals surface area contributed by atoms with Gasteiger partial charge in [0.25, 0.3) is 0 Å². The van der Waals surface area contributed by atoms with Gasteiger partial charge in [0.15, 0.2) is 0 Å². The van der Waals surface area contributed by atoms with E-state index in [-0.39, 0.29) is 0 Å². The lowest BCUT2D eigenvalue weighted by atomic mass is 10.1. The lowest BCUT2D eigenvalue weighted by Crippen LogP contribution is -2.09. The molecular weight excluding hydrogens is 408 g/mol. The van der Waals surface area contributed by atoms with Crippen LogP contribution in [0.1, 0.15) is 4.88 Å². The van der Waals surface area contributed by atoms with E-state index in [1.807, 2.05) is 43.3 Å². The summed E-state index contributed by atoms with van der Waals surface area (Å²) in [6, 6.07) is 15.3. The van der Waals surface area contributed by atoms with Gasteiger partial charge in [-0.2, -0.15) is 0 Å². The van der Waals surface area contributed by atoms with Crippen molar-refractivity contribution in [3.63, 3.8) is 0 Å². The molecule has 1 aromatic heterocycles. The van der Waals surface area contributed by atoms with Crippen LogP contribution in [0.4, 0.5) is 5.69 Å². The van der Waals surface area contributed by atoms with Gasteiger partial charge < -0.3 is 0 Å². The van der Waals surface area contributed by atoms with Crippen molar-refractivity contribution in [2.75, 3.05) is 11.0 Å². The molecule has 0 unspecified atom stereocenters. The summed E-state index contributed by atoms with van der Waals surface area (Å²) in [6.45, 7) is 2.04. The van der Waals surface area contributed by atoms with Crippen LogP contribution in [0.5, 0.6) is 0 Å². The molecule has 0 bridgehead atoms. The number of nitrogens with one attached hydrogen (secondary N) is 1. The van der Waals surface area contributed by atoms with E-state index in [1.54, 1.807) is 23.5 Å². The van der Waals surface area contributed by atoms with Gasteiger partial charge >= 0.3 is 0 Å². The predicted molar refractivity (Wildman–Crippen MR) is 104 cm³/mol. The minimum atomic E-state index is -3.27. The molecule has 0 saturated heterocycles. The van der Waals surface area contributed by atoms with E-state index in [1.165, 1.54) is 0 Å². The van der Waals surface area contributed by atoms with Crippen LogP contribution in [0, 0.1) is 6.92 Å². The Balaban J connectivity index is 1.93. The SMILES string of the molecule is Cc1sc(-c2cccc(Br)c2)nc1-c1ccc(NS(C)(=O)=O)cc1. The molecular formula is C17H15BrN2O2S2. The van der Waals surface area contributed by atoms with E-state index < -0.39 is 10.0 Å². The third-order valence-corrected chi connectivity index (χ3v) is 5.45. The summed E-state index contributed by atoms with van der Waals surface area (Å²) in [6.07, 6.45) is 1.13. The highest BCUT2D eigenvalue weighted by Crippen LogP contribution is 2.34. The van der Waals surface area contributed by atoms with Crippen LogP contribution in [0.25, 0.3) is 21.8 Å². The Morgan fingerprint density at radius 1 is 1.08 bits per heavy atom. The molecule has 0 aliphatic heterocycles. The van der Waals surface area contributed by atoms with E-state index in [4.69, 9.17) is 4.98 Å². The first-order valence-electron chi connectivity index (χ1n) is 7.13. The van der Waals surface area contributed by atoms with E-state index in [9.17, 15) is 8.42 Å². The Kier molecular flexibility index (Phi) is 4.76. The van der Waals surface area contributed by atoms with Crippen LogP contribution < -0.4 is 4.72 Å². The zero-order valence-corrected chi connectivity index (χ0v) is 16.3.